The van der Waals surface area contributed by atoms with Gasteiger partial charge in [-0.2, -0.15) is 0 Å². The van der Waals surface area contributed by atoms with Crippen LogP contribution in [0.1, 0.15) is 99.8 Å². The Labute approximate surface area is 186 Å². The summed E-state index contributed by atoms with van der Waals surface area (Å²) in [6.07, 6.45) is 17.2. The summed E-state index contributed by atoms with van der Waals surface area (Å²) in [5.41, 5.74) is 5.62. The average Bonchev–Trinajstić information content (AvgIpc) is 3.02. The number of hydrogen-bond donors (Lipinski definition) is 1. The SMILES string of the molecule is CC(C)CCC[C@@H](C)[C@H]1CC=C2C3=C(CC[C@@]21C)[C@@]1(C)C=C[C@H](O)C(C)(C)[C@@H]1CC3. The predicted molar refractivity (Wildman–Crippen MR) is 128 cm³/mol. The van der Waals surface area contributed by atoms with E-state index in [1.807, 2.05) is 0 Å². The molecule has 0 aromatic heterocycles. The zero-order valence-corrected chi connectivity index (χ0v) is 20.7. The Morgan fingerprint density at radius 2 is 1.80 bits per heavy atom. The standard InChI is InChI=1S/C29H46O/c1-19(2)9-8-10-20(3)22-12-13-23-21-11-14-25-27(4,5)26(30)16-18-29(25,7)24(21)15-17-28(22,23)6/h13,16,18-20,22,25-26,30H,8-12,14-15,17H2,1-7H3/t20-,22-,25+,26+,28-,29-/m1/s1. The van der Waals surface area contributed by atoms with Crippen molar-refractivity contribution in [3.63, 3.8) is 0 Å². The van der Waals surface area contributed by atoms with Gasteiger partial charge in [-0.1, -0.05) is 91.5 Å². The van der Waals surface area contributed by atoms with Crippen molar-refractivity contribution < 1.29 is 5.11 Å². The van der Waals surface area contributed by atoms with Gasteiger partial charge in [-0.3, -0.25) is 0 Å². The fraction of sp³-hybridized carbons (Fsp3) is 0.793. The van der Waals surface area contributed by atoms with Gasteiger partial charge in [0.2, 0.25) is 0 Å². The third kappa shape index (κ3) is 3.30. The lowest BCUT2D eigenvalue weighted by Crippen LogP contribution is -2.50. The van der Waals surface area contributed by atoms with E-state index in [1.165, 1.54) is 51.4 Å². The molecule has 0 aromatic carbocycles. The molecule has 0 saturated heterocycles. The lowest BCUT2D eigenvalue weighted by Gasteiger charge is -2.56. The molecule has 0 amide bonds. The quantitative estimate of drug-likeness (QED) is 0.457. The fourth-order valence-corrected chi connectivity index (χ4v) is 8.12. The molecule has 0 saturated carbocycles. The molecule has 4 aliphatic carbocycles. The number of allylic oxidation sites excluding steroid dienone is 5. The molecule has 0 aliphatic heterocycles. The van der Waals surface area contributed by atoms with Crippen molar-refractivity contribution in [1.29, 1.82) is 0 Å². The van der Waals surface area contributed by atoms with E-state index in [1.54, 1.807) is 16.7 Å². The highest BCUT2D eigenvalue weighted by atomic mass is 16.3. The van der Waals surface area contributed by atoms with Crippen LogP contribution in [0.3, 0.4) is 0 Å². The summed E-state index contributed by atoms with van der Waals surface area (Å²) in [5.74, 6) is 3.01. The third-order valence-electron chi connectivity index (χ3n) is 10.1. The Kier molecular flexibility index (Phi) is 5.70. The minimum atomic E-state index is -0.312. The van der Waals surface area contributed by atoms with Crippen LogP contribution < -0.4 is 0 Å². The molecule has 0 radical (unpaired) electrons. The highest BCUT2D eigenvalue weighted by Crippen LogP contribution is 2.65. The lowest BCUT2D eigenvalue weighted by molar-refractivity contribution is -0.0191. The molecular weight excluding hydrogens is 364 g/mol. The summed E-state index contributed by atoms with van der Waals surface area (Å²) in [5, 5.41) is 10.7. The van der Waals surface area contributed by atoms with Crippen molar-refractivity contribution >= 4 is 0 Å². The van der Waals surface area contributed by atoms with Gasteiger partial charge in [0.15, 0.2) is 0 Å². The Bertz CT molecular complexity index is 765. The first kappa shape index (κ1) is 22.4. The predicted octanol–water partition coefficient (Wildman–Crippen LogP) is 7.87. The van der Waals surface area contributed by atoms with Crippen LogP contribution in [0.15, 0.2) is 34.9 Å². The van der Waals surface area contributed by atoms with Gasteiger partial charge in [0.25, 0.3) is 0 Å². The van der Waals surface area contributed by atoms with E-state index in [-0.39, 0.29) is 16.9 Å². The normalized spacial score (nSPS) is 40.7. The first-order valence-corrected chi connectivity index (χ1v) is 12.8. The molecule has 1 heteroatoms. The van der Waals surface area contributed by atoms with Crippen LogP contribution in [0.25, 0.3) is 0 Å². The first-order valence-electron chi connectivity index (χ1n) is 12.8. The summed E-state index contributed by atoms with van der Waals surface area (Å²) in [6, 6.07) is 0. The number of fused-ring (bicyclic) bond motifs is 4. The second kappa shape index (κ2) is 7.65. The number of aliphatic hydroxyl groups is 1. The molecule has 0 heterocycles. The van der Waals surface area contributed by atoms with Crippen molar-refractivity contribution in [1.82, 2.24) is 0 Å². The first-order chi connectivity index (χ1) is 14.0. The van der Waals surface area contributed by atoms with E-state index in [2.05, 4.69) is 66.7 Å². The second-order valence-electron chi connectivity index (χ2n) is 12.6. The molecule has 30 heavy (non-hydrogen) atoms. The Morgan fingerprint density at radius 3 is 2.50 bits per heavy atom. The van der Waals surface area contributed by atoms with Gasteiger partial charge >= 0.3 is 0 Å². The Hall–Kier alpha value is -0.820. The summed E-state index contributed by atoms with van der Waals surface area (Å²) in [7, 11) is 0. The van der Waals surface area contributed by atoms with Crippen LogP contribution >= 0.6 is 0 Å². The Balaban J connectivity index is 1.60. The molecule has 1 nitrogen and oxygen atoms in total. The van der Waals surface area contributed by atoms with Crippen molar-refractivity contribution in [2.45, 2.75) is 106 Å². The number of aliphatic hydroxyl groups excluding tert-OH is 1. The van der Waals surface area contributed by atoms with Crippen LogP contribution in [0, 0.1) is 39.9 Å². The van der Waals surface area contributed by atoms with E-state index in [0.717, 1.165) is 17.8 Å². The van der Waals surface area contributed by atoms with Crippen molar-refractivity contribution in [3.8, 4) is 0 Å². The van der Waals surface area contributed by atoms with Gasteiger partial charge in [0, 0.05) is 5.41 Å². The molecule has 168 valence electrons. The second-order valence-corrected chi connectivity index (χ2v) is 12.6. The largest absolute Gasteiger partial charge is 0.388 e. The van der Waals surface area contributed by atoms with Gasteiger partial charge in [-0.15, -0.1) is 0 Å². The topological polar surface area (TPSA) is 20.2 Å². The Morgan fingerprint density at radius 1 is 1.07 bits per heavy atom. The highest BCUT2D eigenvalue weighted by molar-refractivity contribution is 5.51. The van der Waals surface area contributed by atoms with Crippen molar-refractivity contribution in [3.05, 3.63) is 34.9 Å². The number of hydrogen-bond acceptors (Lipinski definition) is 1. The molecular formula is C29H46O. The summed E-state index contributed by atoms with van der Waals surface area (Å²) in [6.45, 7) is 16.9. The minimum absolute atomic E-state index is 0.0414. The molecule has 0 bridgehead atoms. The van der Waals surface area contributed by atoms with Crippen LogP contribution in [-0.2, 0) is 0 Å². The third-order valence-corrected chi connectivity index (χ3v) is 10.1. The van der Waals surface area contributed by atoms with Gasteiger partial charge in [0.1, 0.15) is 0 Å². The zero-order valence-electron chi connectivity index (χ0n) is 20.7. The van der Waals surface area contributed by atoms with Crippen molar-refractivity contribution in [2.24, 2.45) is 39.9 Å². The maximum absolute atomic E-state index is 10.7. The summed E-state index contributed by atoms with van der Waals surface area (Å²) in [4.78, 5) is 0. The minimum Gasteiger partial charge on any atom is -0.388 e. The van der Waals surface area contributed by atoms with Gasteiger partial charge in [0.05, 0.1) is 6.10 Å². The van der Waals surface area contributed by atoms with Gasteiger partial charge in [-0.05, 0) is 77.8 Å². The van der Waals surface area contributed by atoms with E-state index in [9.17, 15) is 5.11 Å². The zero-order chi connectivity index (χ0) is 21.9. The molecule has 1 N–H and O–H groups in total. The van der Waals surface area contributed by atoms with E-state index in [0.29, 0.717) is 11.3 Å². The lowest BCUT2D eigenvalue weighted by atomic mass is 9.48. The molecule has 0 aromatic rings. The molecule has 0 spiro atoms. The maximum atomic E-state index is 10.7. The highest BCUT2D eigenvalue weighted by Gasteiger charge is 2.55. The fourth-order valence-electron chi connectivity index (χ4n) is 8.12. The number of rotatable bonds is 5. The van der Waals surface area contributed by atoms with Gasteiger partial charge in [-0.25, -0.2) is 0 Å². The van der Waals surface area contributed by atoms with E-state index in [4.69, 9.17) is 0 Å². The van der Waals surface area contributed by atoms with Crippen molar-refractivity contribution in [2.75, 3.05) is 0 Å². The molecule has 0 unspecified atom stereocenters. The molecule has 6 atom stereocenters. The average molecular weight is 411 g/mol. The van der Waals surface area contributed by atoms with E-state index < -0.39 is 0 Å². The maximum Gasteiger partial charge on any atom is 0.0775 e. The molecule has 4 aliphatic rings. The van der Waals surface area contributed by atoms with Crippen LogP contribution in [-0.4, -0.2) is 11.2 Å². The van der Waals surface area contributed by atoms with Crippen LogP contribution in [0.2, 0.25) is 0 Å². The van der Waals surface area contributed by atoms with Crippen LogP contribution in [0.4, 0.5) is 0 Å². The van der Waals surface area contributed by atoms with Crippen LogP contribution in [0.5, 0.6) is 0 Å². The summed E-state index contributed by atoms with van der Waals surface area (Å²) >= 11 is 0. The monoisotopic (exact) mass is 410 g/mol. The van der Waals surface area contributed by atoms with E-state index >= 15 is 0 Å². The molecule has 0 fully saturated rings. The molecule has 4 rings (SSSR count). The van der Waals surface area contributed by atoms with Gasteiger partial charge < -0.3 is 5.11 Å². The summed E-state index contributed by atoms with van der Waals surface area (Å²) < 4.78 is 0. The smallest absolute Gasteiger partial charge is 0.0775 e.